The summed E-state index contributed by atoms with van der Waals surface area (Å²) >= 11 is 5.99. The van der Waals surface area contributed by atoms with Gasteiger partial charge in [0, 0.05) is 18.8 Å². The molecule has 1 aromatic heterocycles. The van der Waals surface area contributed by atoms with Crippen LogP contribution >= 0.6 is 11.6 Å². The standard InChI is InChI=1S/C15H26ClN3O2/c1-6-21-14(20)15(5,17-11(2)3)8-7-9-19-10-13(16)12(4)18-19/h10-11,17H,6-9H2,1-5H3. The zero-order chi connectivity index (χ0) is 16.0. The second-order valence-corrected chi connectivity index (χ2v) is 6.19. The highest BCUT2D eigenvalue weighted by atomic mass is 35.5. The van der Waals surface area contributed by atoms with Gasteiger partial charge in [-0.05, 0) is 47.5 Å². The number of nitrogens with zero attached hydrogens (tertiary/aromatic N) is 2. The molecule has 1 atom stereocenters. The third-order valence-corrected chi connectivity index (χ3v) is 3.65. The highest BCUT2D eigenvalue weighted by Crippen LogP contribution is 2.18. The average molecular weight is 316 g/mol. The molecule has 1 heterocycles. The molecule has 0 spiro atoms. The minimum atomic E-state index is -0.670. The lowest BCUT2D eigenvalue weighted by Gasteiger charge is -2.30. The van der Waals surface area contributed by atoms with Crippen LogP contribution in [0, 0.1) is 6.92 Å². The molecular weight excluding hydrogens is 290 g/mol. The largest absolute Gasteiger partial charge is 0.465 e. The van der Waals surface area contributed by atoms with E-state index in [0.717, 1.165) is 18.7 Å². The topological polar surface area (TPSA) is 56.2 Å². The fraction of sp³-hybridized carbons (Fsp3) is 0.733. The van der Waals surface area contributed by atoms with Gasteiger partial charge < -0.3 is 4.74 Å². The molecule has 0 bridgehead atoms. The summed E-state index contributed by atoms with van der Waals surface area (Å²) in [6.45, 7) is 10.8. The average Bonchev–Trinajstić information content (AvgIpc) is 2.68. The number of rotatable bonds is 8. The normalized spacial score (nSPS) is 14.2. The Kier molecular flexibility index (Phi) is 6.68. The van der Waals surface area contributed by atoms with Crippen molar-refractivity contribution in [3.8, 4) is 0 Å². The summed E-state index contributed by atoms with van der Waals surface area (Å²) in [5.74, 6) is -0.201. The summed E-state index contributed by atoms with van der Waals surface area (Å²) in [4.78, 5) is 12.2. The summed E-state index contributed by atoms with van der Waals surface area (Å²) in [5.41, 5.74) is 0.154. The number of ether oxygens (including phenoxy) is 1. The van der Waals surface area contributed by atoms with Gasteiger partial charge in [-0.25, -0.2) is 0 Å². The fourth-order valence-corrected chi connectivity index (χ4v) is 2.51. The molecule has 0 aliphatic rings. The van der Waals surface area contributed by atoms with Crippen LogP contribution in [0.5, 0.6) is 0 Å². The number of hydrogen-bond donors (Lipinski definition) is 1. The SMILES string of the molecule is CCOC(=O)C(C)(CCCn1cc(Cl)c(C)n1)NC(C)C. The molecule has 21 heavy (non-hydrogen) atoms. The molecule has 120 valence electrons. The van der Waals surface area contributed by atoms with Crippen LogP contribution in [-0.2, 0) is 16.1 Å². The number of nitrogens with one attached hydrogen (secondary N) is 1. The molecule has 0 saturated carbocycles. The van der Waals surface area contributed by atoms with Crippen molar-refractivity contribution < 1.29 is 9.53 Å². The van der Waals surface area contributed by atoms with Gasteiger partial charge in [0.1, 0.15) is 5.54 Å². The van der Waals surface area contributed by atoms with Crippen molar-refractivity contribution in [3.05, 3.63) is 16.9 Å². The summed E-state index contributed by atoms with van der Waals surface area (Å²) in [5, 5.41) is 8.30. The lowest BCUT2D eigenvalue weighted by molar-refractivity contribution is -0.151. The first-order valence-corrected chi connectivity index (χ1v) is 7.80. The lowest BCUT2D eigenvalue weighted by Crippen LogP contribution is -2.53. The van der Waals surface area contributed by atoms with E-state index >= 15 is 0 Å². The van der Waals surface area contributed by atoms with Gasteiger partial charge in [0.05, 0.1) is 17.3 Å². The van der Waals surface area contributed by atoms with E-state index in [1.807, 2.05) is 45.5 Å². The van der Waals surface area contributed by atoms with Crippen LogP contribution in [-0.4, -0.2) is 33.9 Å². The molecule has 0 aliphatic carbocycles. The Morgan fingerprint density at radius 3 is 2.71 bits per heavy atom. The predicted octanol–water partition coefficient (Wildman–Crippen LogP) is 2.94. The Labute approximate surface area is 132 Å². The van der Waals surface area contributed by atoms with Crippen LogP contribution in [0.1, 0.15) is 46.2 Å². The maximum Gasteiger partial charge on any atom is 0.326 e. The first kappa shape index (κ1) is 18.0. The Morgan fingerprint density at radius 1 is 1.57 bits per heavy atom. The van der Waals surface area contributed by atoms with Gasteiger partial charge in [0.2, 0.25) is 0 Å². The third-order valence-electron chi connectivity index (χ3n) is 3.28. The summed E-state index contributed by atoms with van der Waals surface area (Å²) in [6, 6.07) is 0.209. The van der Waals surface area contributed by atoms with Gasteiger partial charge in [-0.2, -0.15) is 5.10 Å². The monoisotopic (exact) mass is 315 g/mol. The first-order chi connectivity index (χ1) is 9.78. The van der Waals surface area contributed by atoms with E-state index in [9.17, 15) is 4.79 Å². The van der Waals surface area contributed by atoms with Crippen molar-refractivity contribution in [2.75, 3.05) is 6.61 Å². The molecule has 1 aromatic rings. The Balaban J connectivity index is 2.62. The number of aromatic nitrogens is 2. The number of halogens is 1. The minimum absolute atomic E-state index is 0.201. The highest BCUT2D eigenvalue weighted by Gasteiger charge is 2.34. The molecule has 5 nitrogen and oxygen atoms in total. The number of aryl methyl sites for hydroxylation is 2. The maximum absolute atomic E-state index is 12.2. The van der Waals surface area contributed by atoms with Crippen LogP contribution < -0.4 is 5.32 Å². The smallest absolute Gasteiger partial charge is 0.326 e. The molecule has 0 fully saturated rings. The van der Waals surface area contributed by atoms with E-state index in [-0.39, 0.29) is 12.0 Å². The fourth-order valence-electron chi connectivity index (χ4n) is 2.36. The molecule has 1 rings (SSSR count). The second-order valence-electron chi connectivity index (χ2n) is 5.78. The van der Waals surface area contributed by atoms with Crippen LogP contribution in [0.3, 0.4) is 0 Å². The summed E-state index contributed by atoms with van der Waals surface area (Å²) in [6.07, 6.45) is 3.31. The number of esters is 1. The van der Waals surface area contributed by atoms with Gasteiger partial charge in [-0.1, -0.05) is 11.6 Å². The van der Waals surface area contributed by atoms with Gasteiger partial charge in [0.15, 0.2) is 0 Å². The van der Waals surface area contributed by atoms with E-state index in [2.05, 4.69) is 10.4 Å². The minimum Gasteiger partial charge on any atom is -0.465 e. The van der Waals surface area contributed by atoms with Crippen molar-refractivity contribution in [1.82, 2.24) is 15.1 Å². The number of carbonyl (C=O) groups excluding carboxylic acids is 1. The molecule has 6 heteroatoms. The molecular formula is C15H26ClN3O2. The van der Waals surface area contributed by atoms with Crippen molar-refractivity contribution in [3.63, 3.8) is 0 Å². The summed E-state index contributed by atoms with van der Waals surface area (Å²) < 4.78 is 7.01. The molecule has 0 saturated heterocycles. The van der Waals surface area contributed by atoms with Crippen molar-refractivity contribution in [1.29, 1.82) is 0 Å². The van der Waals surface area contributed by atoms with Crippen LogP contribution in [0.15, 0.2) is 6.20 Å². The number of hydrogen-bond acceptors (Lipinski definition) is 4. The summed E-state index contributed by atoms with van der Waals surface area (Å²) in [7, 11) is 0. The Bertz CT molecular complexity index is 454. The highest BCUT2D eigenvalue weighted by molar-refractivity contribution is 6.31. The zero-order valence-corrected chi connectivity index (χ0v) is 14.3. The van der Waals surface area contributed by atoms with Crippen LogP contribution in [0.2, 0.25) is 5.02 Å². The quantitative estimate of drug-likeness (QED) is 0.749. The molecule has 0 aliphatic heterocycles. The van der Waals surface area contributed by atoms with E-state index < -0.39 is 5.54 Å². The maximum atomic E-state index is 12.2. The first-order valence-electron chi connectivity index (χ1n) is 7.43. The van der Waals surface area contributed by atoms with Gasteiger partial charge >= 0.3 is 5.97 Å². The second kappa shape index (κ2) is 7.80. The molecule has 0 radical (unpaired) electrons. The molecule has 1 unspecified atom stereocenters. The van der Waals surface area contributed by atoms with Gasteiger partial charge in [-0.3, -0.25) is 14.8 Å². The molecule has 1 N–H and O–H groups in total. The van der Waals surface area contributed by atoms with E-state index in [4.69, 9.17) is 16.3 Å². The number of carbonyl (C=O) groups is 1. The van der Waals surface area contributed by atoms with E-state index in [1.165, 1.54) is 0 Å². The Morgan fingerprint density at radius 2 is 2.24 bits per heavy atom. The zero-order valence-electron chi connectivity index (χ0n) is 13.6. The van der Waals surface area contributed by atoms with E-state index in [1.54, 1.807) is 0 Å². The Hall–Kier alpha value is -1.07. The van der Waals surface area contributed by atoms with Crippen LogP contribution in [0.4, 0.5) is 0 Å². The lowest BCUT2D eigenvalue weighted by atomic mass is 9.94. The van der Waals surface area contributed by atoms with Crippen molar-refractivity contribution in [2.24, 2.45) is 0 Å². The molecule has 0 aromatic carbocycles. The van der Waals surface area contributed by atoms with Gasteiger partial charge in [-0.15, -0.1) is 0 Å². The van der Waals surface area contributed by atoms with Gasteiger partial charge in [0.25, 0.3) is 0 Å². The van der Waals surface area contributed by atoms with Crippen molar-refractivity contribution >= 4 is 17.6 Å². The predicted molar refractivity (Wildman–Crippen MR) is 84.5 cm³/mol. The van der Waals surface area contributed by atoms with E-state index in [0.29, 0.717) is 18.1 Å². The van der Waals surface area contributed by atoms with Crippen LogP contribution in [0.25, 0.3) is 0 Å². The van der Waals surface area contributed by atoms with Crippen molar-refractivity contribution in [2.45, 2.75) is 65.6 Å². The molecule has 0 amide bonds. The third kappa shape index (κ3) is 5.32.